The van der Waals surface area contributed by atoms with Gasteiger partial charge in [-0.15, -0.1) is 0 Å². The van der Waals surface area contributed by atoms with Crippen LogP contribution in [-0.4, -0.2) is 49.8 Å². The van der Waals surface area contributed by atoms with E-state index in [4.69, 9.17) is 0 Å². The highest BCUT2D eigenvalue weighted by Crippen LogP contribution is 2.22. The van der Waals surface area contributed by atoms with Gasteiger partial charge in [0.05, 0.1) is 13.1 Å². The molecule has 0 aromatic heterocycles. The van der Waals surface area contributed by atoms with Gasteiger partial charge in [-0.25, -0.2) is 9.38 Å². The second kappa shape index (κ2) is 9.21. The van der Waals surface area contributed by atoms with Crippen molar-refractivity contribution in [1.82, 2.24) is 15.5 Å². The molecule has 1 unspecified atom stereocenters. The monoisotopic (exact) mass is 374 g/mol. The van der Waals surface area contributed by atoms with Crippen molar-refractivity contribution in [3.63, 3.8) is 0 Å². The molecule has 0 spiro atoms. The number of guanidine groups is 1. The molecule has 4 nitrogen and oxygen atoms in total. The molecule has 146 valence electrons. The Balaban J connectivity index is 1.85. The highest BCUT2D eigenvalue weighted by atomic mass is 19.4. The third-order valence-electron chi connectivity index (χ3n) is 4.32. The number of rotatable bonds is 6. The molecule has 1 aromatic rings. The molecular weight excluding hydrogens is 348 g/mol. The van der Waals surface area contributed by atoms with Crippen LogP contribution in [0.4, 0.5) is 17.6 Å². The molecule has 1 atom stereocenters. The molecule has 1 aromatic carbocycles. The van der Waals surface area contributed by atoms with E-state index in [1.54, 1.807) is 19.1 Å². The number of aryl methyl sites for hydroxylation is 1. The normalized spacial score (nSPS) is 19.0. The number of likely N-dealkylation sites (tertiary alicyclic amines) is 1. The first kappa shape index (κ1) is 20.5. The maximum Gasteiger partial charge on any atom is 0.401 e. The molecule has 1 heterocycles. The Kier molecular flexibility index (Phi) is 7.25. The Labute approximate surface area is 151 Å². The van der Waals surface area contributed by atoms with Gasteiger partial charge in [0.25, 0.3) is 0 Å². The highest BCUT2D eigenvalue weighted by molar-refractivity contribution is 5.79. The predicted molar refractivity (Wildman–Crippen MR) is 94.6 cm³/mol. The van der Waals surface area contributed by atoms with Crippen LogP contribution in [0.5, 0.6) is 0 Å². The van der Waals surface area contributed by atoms with Crippen molar-refractivity contribution in [2.24, 2.45) is 10.9 Å². The average molecular weight is 374 g/mol. The number of halogens is 4. The Morgan fingerprint density at radius 2 is 2.08 bits per heavy atom. The van der Waals surface area contributed by atoms with Crippen molar-refractivity contribution in [2.45, 2.75) is 33.0 Å². The fourth-order valence-electron chi connectivity index (χ4n) is 3.03. The van der Waals surface area contributed by atoms with Crippen LogP contribution in [0, 0.1) is 18.7 Å². The van der Waals surface area contributed by atoms with Gasteiger partial charge in [-0.3, -0.25) is 4.90 Å². The minimum atomic E-state index is -4.15. The Hall–Kier alpha value is -1.83. The standard InChI is InChI=1S/C18H26F4N4/c1-3-23-17(24-9-14-4-5-16(19)13(2)8-14)25-10-15-6-7-26(11-15)12-18(20,21)22/h4-5,8,15H,3,6-7,9-12H2,1-2H3,(H2,23,24,25). The summed E-state index contributed by atoms with van der Waals surface area (Å²) in [5, 5.41) is 6.32. The molecular formula is C18H26F4N4. The SMILES string of the molecule is CCNC(=NCc1ccc(F)c(C)c1)NCC1CCN(CC(F)(F)F)C1. The van der Waals surface area contributed by atoms with Gasteiger partial charge < -0.3 is 10.6 Å². The summed E-state index contributed by atoms with van der Waals surface area (Å²) in [7, 11) is 0. The van der Waals surface area contributed by atoms with E-state index < -0.39 is 12.7 Å². The van der Waals surface area contributed by atoms with Crippen molar-refractivity contribution in [3.05, 3.63) is 35.1 Å². The molecule has 0 saturated carbocycles. The summed E-state index contributed by atoms with van der Waals surface area (Å²) < 4.78 is 50.7. The zero-order valence-corrected chi connectivity index (χ0v) is 15.2. The van der Waals surface area contributed by atoms with Crippen LogP contribution in [0.25, 0.3) is 0 Å². The first-order valence-electron chi connectivity index (χ1n) is 8.83. The van der Waals surface area contributed by atoms with E-state index in [-0.39, 0.29) is 11.7 Å². The van der Waals surface area contributed by atoms with Gasteiger partial charge in [-0.2, -0.15) is 13.2 Å². The van der Waals surface area contributed by atoms with Gasteiger partial charge in [0, 0.05) is 19.6 Å². The summed E-state index contributed by atoms with van der Waals surface area (Å²) in [4.78, 5) is 5.91. The van der Waals surface area contributed by atoms with Gasteiger partial charge in [-0.05, 0) is 49.9 Å². The molecule has 1 saturated heterocycles. The summed E-state index contributed by atoms with van der Waals surface area (Å²) in [6, 6.07) is 4.88. The lowest BCUT2D eigenvalue weighted by Crippen LogP contribution is -2.40. The molecule has 8 heteroatoms. The molecule has 0 amide bonds. The number of hydrogen-bond donors (Lipinski definition) is 2. The van der Waals surface area contributed by atoms with Gasteiger partial charge in [0.2, 0.25) is 0 Å². The van der Waals surface area contributed by atoms with Crippen LogP contribution in [0.2, 0.25) is 0 Å². The van der Waals surface area contributed by atoms with Gasteiger partial charge >= 0.3 is 6.18 Å². The molecule has 1 aliphatic heterocycles. The van der Waals surface area contributed by atoms with E-state index in [2.05, 4.69) is 15.6 Å². The molecule has 0 aliphatic carbocycles. The van der Waals surface area contributed by atoms with Crippen LogP contribution in [0.3, 0.4) is 0 Å². The van der Waals surface area contributed by atoms with E-state index in [0.29, 0.717) is 44.2 Å². The van der Waals surface area contributed by atoms with E-state index >= 15 is 0 Å². The van der Waals surface area contributed by atoms with E-state index in [0.717, 1.165) is 12.0 Å². The summed E-state index contributed by atoms with van der Waals surface area (Å²) in [5.74, 6) is 0.533. The first-order chi connectivity index (χ1) is 12.3. The molecule has 1 fully saturated rings. The fraction of sp³-hybridized carbons (Fsp3) is 0.611. The van der Waals surface area contributed by atoms with Gasteiger partial charge in [0.15, 0.2) is 5.96 Å². The van der Waals surface area contributed by atoms with Crippen molar-refractivity contribution >= 4 is 5.96 Å². The quantitative estimate of drug-likeness (QED) is 0.457. The molecule has 2 rings (SSSR count). The van der Waals surface area contributed by atoms with Gasteiger partial charge in [0.1, 0.15) is 5.82 Å². The van der Waals surface area contributed by atoms with Crippen LogP contribution < -0.4 is 10.6 Å². The Morgan fingerprint density at radius 3 is 2.73 bits per heavy atom. The lowest BCUT2D eigenvalue weighted by Gasteiger charge is -2.18. The van der Waals surface area contributed by atoms with Crippen LogP contribution in [0.15, 0.2) is 23.2 Å². The van der Waals surface area contributed by atoms with Crippen LogP contribution in [0.1, 0.15) is 24.5 Å². The van der Waals surface area contributed by atoms with Crippen molar-refractivity contribution in [3.8, 4) is 0 Å². The minimum absolute atomic E-state index is 0.161. The summed E-state index contributed by atoms with van der Waals surface area (Å²) >= 11 is 0. The number of nitrogens with zero attached hydrogens (tertiary/aromatic N) is 2. The van der Waals surface area contributed by atoms with E-state index in [9.17, 15) is 17.6 Å². The lowest BCUT2D eigenvalue weighted by molar-refractivity contribution is -0.143. The number of benzene rings is 1. The Bertz CT molecular complexity index is 616. The molecule has 2 N–H and O–H groups in total. The van der Waals surface area contributed by atoms with E-state index in [1.807, 2.05) is 6.92 Å². The molecule has 0 bridgehead atoms. The smallest absolute Gasteiger partial charge is 0.357 e. The third-order valence-corrected chi connectivity index (χ3v) is 4.32. The number of alkyl halides is 3. The first-order valence-corrected chi connectivity index (χ1v) is 8.83. The maximum atomic E-state index is 13.3. The minimum Gasteiger partial charge on any atom is -0.357 e. The zero-order chi connectivity index (χ0) is 19.2. The highest BCUT2D eigenvalue weighted by Gasteiger charge is 2.34. The number of aliphatic imine (C=N–C) groups is 1. The number of hydrogen-bond acceptors (Lipinski definition) is 2. The third kappa shape index (κ3) is 6.82. The summed E-state index contributed by atoms with van der Waals surface area (Å²) in [5.41, 5.74) is 1.48. The Morgan fingerprint density at radius 1 is 1.31 bits per heavy atom. The molecule has 26 heavy (non-hydrogen) atoms. The maximum absolute atomic E-state index is 13.3. The molecule has 1 aliphatic rings. The van der Waals surface area contributed by atoms with E-state index in [1.165, 1.54) is 11.0 Å². The average Bonchev–Trinajstić information content (AvgIpc) is 2.98. The second-order valence-corrected chi connectivity index (χ2v) is 6.66. The van der Waals surface area contributed by atoms with Crippen molar-refractivity contribution in [1.29, 1.82) is 0 Å². The second-order valence-electron chi connectivity index (χ2n) is 6.66. The van der Waals surface area contributed by atoms with Crippen molar-refractivity contribution in [2.75, 3.05) is 32.7 Å². The predicted octanol–water partition coefficient (Wildman–Crippen LogP) is 3.07. The topological polar surface area (TPSA) is 39.7 Å². The summed E-state index contributed by atoms with van der Waals surface area (Å²) in [6.45, 7) is 5.36. The molecule has 0 radical (unpaired) electrons. The largest absolute Gasteiger partial charge is 0.401 e. The van der Waals surface area contributed by atoms with Crippen LogP contribution >= 0.6 is 0 Å². The zero-order valence-electron chi connectivity index (χ0n) is 15.2. The fourth-order valence-corrected chi connectivity index (χ4v) is 3.03. The van der Waals surface area contributed by atoms with Gasteiger partial charge in [-0.1, -0.05) is 12.1 Å². The summed E-state index contributed by atoms with van der Waals surface area (Å²) in [6.07, 6.45) is -3.41. The van der Waals surface area contributed by atoms with Crippen LogP contribution in [-0.2, 0) is 6.54 Å². The van der Waals surface area contributed by atoms with Crippen molar-refractivity contribution < 1.29 is 17.6 Å². The number of nitrogens with one attached hydrogen (secondary N) is 2. The lowest BCUT2D eigenvalue weighted by atomic mass is 10.1.